The number of amides is 2. The normalized spacial score (nSPS) is 10.4. The van der Waals surface area contributed by atoms with Crippen LogP contribution in [-0.4, -0.2) is 32.9 Å². The van der Waals surface area contributed by atoms with Crippen LogP contribution in [0.4, 0.5) is 0 Å². The Labute approximate surface area is 161 Å². The van der Waals surface area contributed by atoms with Crippen molar-refractivity contribution in [2.24, 2.45) is 0 Å². The molecule has 2 amide bonds. The van der Waals surface area contributed by atoms with Gasteiger partial charge >= 0.3 is 0 Å². The third-order valence-corrected chi connectivity index (χ3v) is 4.23. The molecule has 0 bridgehead atoms. The lowest BCUT2D eigenvalue weighted by Crippen LogP contribution is -2.36. The monoisotopic (exact) mass is 383 g/mol. The van der Waals surface area contributed by atoms with Crippen molar-refractivity contribution >= 4 is 23.4 Å². The van der Waals surface area contributed by atoms with Gasteiger partial charge in [-0.15, -0.1) is 0 Å². The van der Waals surface area contributed by atoms with Crippen molar-refractivity contribution in [3.63, 3.8) is 0 Å². The number of pyridine rings is 1. The quantitative estimate of drug-likeness (QED) is 0.683. The summed E-state index contributed by atoms with van der Waals surface area (Å²) in [6, 6.07) is 10.4. The molecule has 0 atom stereocenters. The highest BCUT2D eigenvalue weighted by Crippen LogP contribution is 2.14. The van der Waals surface area contributed by atoms with Crippen molar-refractivity contribution in [2.75, 3.05) is 6.54 Å². The Hall–Kier alpha value is -3.19. The topological polar surface area (TPSA) is 88.9 Å². The number of imidazole rings is 1. The van der Waals surface area contributed by atoms with Crippen LogP contribution >= 0.6 is 11.6 Å². The Morgan fingerprint density at radius 2 is 1.93 bits per heavy atom. The molecule has 0 unspecified atom stereocenters. The molecule has 1 aromatic carbocycles. The summed E-state index contributed by atoms with van der Waals surface area (Å²) in [7, 11) is 0. The van der Waals surface area contributed by atoms with E-state index in [9.17, 15) is 9.59 Å². The second-order valence-electron chi connectivity index (χ2n) is 5.81. The van der Waals surface area contributed by atoms with Crippen molar-refractivity contribution in [2.45, 2.75) is 13.5 Å². The van der Waals surface area contributed by atoms with E-state index in [2.05, 4.69) is 20.6 Å². The summed E-state index contributed by atoms with van der Waals surface area (Å²) in [6.07, 6.45) is 5.20. The van der Waals surface area contributed by atoms with Gasteiger partial charge in [0.05, 0.1) is 17.1 Å². The molecule has 3 rings (SSSR count). The zero-order valence-corrected chi connectivity index (χ0v) is 15.4. The summed E-state index contributed by atoms with van der Waals surface area (Å²) in [5.74, 6) is 0.861. The Bertz CT molecular complexity index is 970. The third-order valence-electron chi connectivity index (χ3n) is 3.90. The van der Waals surface area contributed by atoms with Crippen LogP contribution in [0.3, 0.4) is 0 Å². The fourth-order valence-electron chi connectivity index (χ4n) is 2.49. The molecule has 0 aliphatic rings. The summed E-state index contributed by atoms with van der Waals surface area (Å²) < 4.78 is 1.86. The number of aromatic nitrogens is 3. The molecule has 0 aliphatic carbocycles. The van der Waals surface area contributed by atoms with E-state index in [1.54, 1.807) is 36.7 Å². The molecule has 7 nitrogen and oxygen atoms in total. The number of carbonyl (C=O) groups is 2. The van der Waals surface area contributed by atoms with E-state index in [1.807, 2.05) is 29.8 Å². The van der Waals surface area contributed by atoms with Gasteiger partial charge in [-0.25, -0.2) is 9.97 Å². The van der Waals surface area contributed by atoms with E-state index in [4.69, 9.17) is 11.6 Å². The van der Waals surface area contributed by atoms with Gasteiger partial charge in [-0.1, -0.05) is 23.7 Å². The Morgan fingerprint density at radius 1 is 1.11 bits per heavy atom. The number of nitrogens with zero attached hydrogens (tertiary/aromatic N) is 3. The van der Waals surface area contributed by atoms with Crippen molar-refractivity contribution in [1.82, 2.24) is 25.2 Å². The molecule has 2 heterocycles. The van der Waals surface area contributed by atoms with Crippen LogP contribution < -0.4 is 10.6 Å². The first-order valence-corrected chi connectivity index (χ1v) is 8.67. The Balaban J connectivity index is 1.53. The number of nitrogens with one attached hydrogen (secondary N) is 2. The van der Waals surface area contributed by atoms with Crippen molar-refractivity contribution in [3.05, 3.63) is 77.0 Å². The molecular weight excluding hydrogens is 366 g/mol. The summed E-state index contributed by atoms with van der Waals surface area (Å²) in [5, 5.41) is 5.67. The van der Waals surface area contributed by atoms with Gasteiger partial charge in [0.1, 0.15) is 11.6 Å². The fraction of sp³-hybridized carbons (Fsp3) is 0.158. The average Bonchev–Trinajstić information content (AvgIpc) is 3.11. The van der Waals surface area contributed by atoms with E-state index in [0.717, 1.165) is 17.2 Å². The standard InChI is InChI=1S/C19H18ClN5O2/c1-13-21-8-9-25(13)17-10-14(6-7-22-17)11-23-18(26)12-24-19(27)15-4-2-3-5-16(15)20/h2-10H,11-12H2,1H3,(H,23,26)(H,24,27). The van der Waals surface area contributed by atoms with Crippen LogP contribution in [-0.2, 0) is 11.3 Å². The summed E-state index contributed by atoms with van der Waals surface area (Å²) in [4.78, 5) is 32.6. The van der Waals surface area contributed by atoms with Gasteiger partial charge in [-0.05, 0) is 36.8 Å². The van der Waals surface area contributed by atoms with Crippen LogP contribution in [0.5, 0.6) is 0 Å². The number of hydrogen-bond donors (Lipinski definition) is 2. The fourth-order valence-corrected chi connectivity index (χ4v) is 2.71. The predicted molar refractivity (Wildman–Crippen MR) is 102 cm³/mol. The second kappa shape index (κ2) is 8.46. The lowest BCUT2D eigenvalue weighted by Gasteiger charge is -2.09. The van der Waals surface area contributed by atoms with Gasteiger partial charge in [0.15, 0.2) is 0 Å². The minimum atomic E-state index is -0.391. The predicted octanol–water partition coefficient (Wildman–Crippen LogP) is 2.28. The van der Waals surface area contributed by atoms with Gasteiger partial charge in [0.2, 0.25) is 5.91 Å². The minimum absolute atomic E-state index is 0.136. The molecule has 0 aliphatic heterocycles. The number of hydrogen-bond acceptors (Lipinski definition) is 4. The van der Waals surface area contributed by atoms with Crippen LogP contribution in [0.1, 0.15) is 21.7 Å². The Morgan fingerprint density at radius 3 is 2.67 bits per heavy atom. The van der Waals surface area contributed by atoms with Crippen molar-refractivity contribution in [1.29, 1.82) is 0 Å². The zero-order chi connectivity index (χ0) is 19.2. The highest BCUT2D eigenvalue weighted by molar-refractivity contribution is 6.33. The largest absolute Gasteiger partial charge is 0.350 e. The number of halogens is 1. The smallest absolute Gasteiger partial charge is 0.253 e. The second-order valence-corrected chi connectivity index (χ2v) is 6.21. The lowest BCUT2D eigenvalue weighted by atomic mass is 10.2. The average molecular weight is 384 g/mol. The van der Waals surface area contributed by atoms with Gasteiger partial charge < -0.3 is 10.6 Å². The molecule has 8 heteroatoms. The van der Waals surface area contributed by atoms with Gasteiger partial charge in [0, 0.05) is 25.1 Å². The maximum Gasteiger partial charge on any atom is 0.253 e. The molecule has 0 saturated carbocycles. The van der Waals surface area contributed by atoms with Gasteiger partial charge in [-0.2, -0.15) is 0 Å². The molecule has 2 aromatic heterocycles. The number of carbonyl (C=O) groups excluding carboxylic acids is 2. The number of benzene rings is 1. The molecule has 3 aromatic rings. The van der Waals surface area contributed by atoms with Crippen LogP contribution in [0, 0.1) is 6.92 Å². The summed E-state index contributed by atoms with van der Waals surface area (Å²) in [5.41, 5.74) is 1.22. The molecule has 138 valence electrons. The highest BCUT2D eigenvalue weighted by Gasteiger charge is 2.11. The molecule has 0 saturated heterocycles. The van der Waals surface area contributed by atoms with E-state index in [0.29, 0.717) is 17.1 Å². The SMILES string of the molecule is Cc1nccn1-c1cc(CNC(=O)CNC(=O)c2ccccc2Cl)ccn1. The molecule has 0 fully saturated rings. The van der Waals surface area contributed by atoms with Crippen LogP contribution in [0.2, 0.25) is 5.02 Å². The van der Waals surface area contributed by atoms with E-state index < -0.39 is 5.91 Å². The molecule has 27 heavy (non-hydrogen) atoms. The van der Waals surface area contributed by atoms with E-state index in [-0.39, 0.29) is 12.5 Å². The molecule has 0 spiro atoms. The maximum absolute atomic E-state index is 12.1. The number of aryl methyl sites for hydroxylation is 1. The summed E-state index contributed by atoms with van der Waals surface area (Å²) >= 11 is 5.97. The maximum atomic E-state index is 12.1. The van der Waals surface area contributed by atoms with E-state index in [1.165, 1.54) is 0 Å². The third kappa shape index (κ3) is 4.71. The number of rotatable bonds is 6. The first kappa shape index (κ1) is 18.6. The molecular formula is C19H18ClN5O2. The molecule has 0 radical (unpaired) electrons. The van der Waals surface area contributed by atoms with Crippen molar-refractivity contribution in [3.8, 4) is 5.82 Å². The van der Waals surface area contributed by atoms with Crippen molar-refractivity contribution < 1.29 is 9.59 Å². The van der Waals surface area contributed by atoms with Crippen LogP contribution in [0.25, 0.3) is 5.82 Å². The van der Waals surface area contributed by atoms with E-state index >= 15 is 0 Å². The Kier molecular flexibility index (Phi) is 5.83. The minimum Gasteiger partial charge on any atom is -0.350 e. The van der Waals surface area contributed by atoms with Crippen LogP contribution in [0.15, 0.2) is 55.0 Å². The molecule has 2 N–H and O–H groups in total. The lowest BCUT2D eigenvalue weighted by molar-refractivity contribution is -0.120. The first-order chi connectivity index (χ1) is 13.0. The summed E-state index contributed by atoms with van der Waals surface area (Å²) in [6.45, 7) is 2.07. The highest BCUT2D eigenvalue weighted by atomic mass is 35.5. The first-order valence-electron chi connectivity index (χ1n) is 8.29. The van der Waals surface area contributed by atoms with Gasteiger partial charge in [0.25, 0.3) is 5.91 Å². The van der Waals surface area contributed by atoms with Gasteiger partial charge in [-0.3, -0.25) is 14.2 Å². The zero-order valence-electron chi connectivity index (χ0n) is 14.6.